The van der Waals surface area contributed by atoms with Crippen molar-refractivity contribution < 1.29 is 20.4 Å². The summed E-state index contributed by atoms with van der Waals surface area (Å²) >= 11 is 0. The number of unbranched alkanes of at least 4 members (excludes halogenated alkanes) is 9. The lowest BCUT2D eigenvalue weighted by atomic mass is 10.0. The molecule has 2 aromatic rings. The number of aryl methyl sites for hydroxylation is 1. The smallest absolute Gasteiger partial charge is 0.224 e. The largest absolute Gasteiger partial charge is 0.504 e. The Bertz CT molecular complexity index is 821. The maximum Gasteiger partial charge on any atom is 0.224 e. The number of phenols is 3. The number of nitrogens with one attached hydrogen (secondary N) is 1. The Morgan fingerprint density at radius 2 is 1.24 bits per heavy atom. The highest BCUT2D eigenvalue weighted by Gasteiger charge is 2.15. The molecule has 0 radical (unpaired) electrons. The fraction of sp³-hybridized carbons (Fsp3) is 0.522. The van der Waals surface area contributed by atoms with Crippen molar-refractivity contribution >= 4 is 0 Å². The third kappa shape index (κ3) is 6.73. The summed E-state index contributed by atoms with van der Waals surface area (Å²) in [5.41, 5.74) is 0.504. The van der Waals surface area contributed by atoms with E-state index in [1.54, 1.807) is 0 Å². The molecule has 0 bridgehead atoms. The summed E-state index contributed by atoms with van der Waals surface area (Å²) in [7, 11) is 0. The van der Waals surface area contributed by atoms with Gasteiger partial charge in [0.05, 0.1) is 5.69 Å². The normalized spacial score (nSPS) is 11.1. The molecule has 6 heteroatoms. The van der Waals surface area contributed by atoms with Gasteiger partial charge in [0.2, 0.25) is 5.43 Å². The molecule has 0 spiro atoms. The molecule has 5 N–H and O–H groups in total. The molecule has 0 aliphatic rings. The molecule has 2 rings (SSSR count). The Balaban J connectivity index is 1.89. The fourth-order valence-electron chi connectivity index (χ4n) is 3.50. The summed E-state index contributed by atoms with van der Waals surface area (Å²) in [5, 5.41) is 39.0. The van der Waals surface area contributed by atoms with Gasteiger partial charge in [0.1, 0.15) is 0 Å². The maximum atomic E-state index is 12.1. The Kier molecular flexibility index (Phi) is 8.90. The summed E-state index contributed by atoms with van der Waals surface area (Å²) < 4.78 is 0. The zero-order chi connectivity index (χ0) is 21.2. The Hall–Kier alpha value is -2.63. The predicted molar refractivity (Wildman–Crippen MR) is 115 cm³/mol. The van der Waals surface area contributed by atoms with Crippen LogP contribution in [0.15, 0.2) is 23.0 Å². The van der Waals surface area contributed by atoms with E-state index in [1.807, 2.05) is 0 Å². The average Bonchev–Trinajstić information content (AvgIpc) is 2.69. The van der Waals surface area contributed by atoms with Crippen LogP contribution in [0, 0.1) is 0 Å². The average molecular weight is 404 g/mol. The van der Waals surface area contributed by atoms with Gasteiger partial charge in [0.25, 0.3) is 0 Å². The molecule has 0 saturated heterocycles. The van der Waals surface area contributed by atoms with Gasteiger partial charge in [-0.25, -0.2) is 0 Å². The van der Waals surface area contributed by atoms with Crippen LogP contribution in [0.3, 0.4) is 0 Å². The van der Waals surface area contributed by atoms with Crippen molar-refractivity contribution in [1.29, 1.82) is 0 Å². The number of hydrogen-bond donors (Lipinski definition) is 5. The standard InChI is InChI=1S/C23H33NO5/c1-2-3-4-5-6-7-8-9-10-11-12-17-15-20(27)23(29)21(24-17)16-13-18(25)22(28)19(26)14-16/h13-15,25-26,28-29H,2-12H2,1H3,(H,24,27). The molecule has 0 aliphatic carbocycles. The third-order valence-corrected chi connectivity index (χ3v) is 5.22. The number of rotatable bonds is 12. The van der Waals surface area contributed by atoms with Gasteiger partial charge in [0.15, 0.2) is 23.0 Å². The van der Waals surface area contributed by atoms with E-state index in [9.17, 15) is 25.2 Å². The number of aromatic amines is 1. The number of phenolic OH excluding ortho intramolecular Hbond substituents is 3. The first kappa shape index (κ1) is 22.7. The number of benzene rings is 1. The molecule has 0 atom stereocenters. The number of hydrogen-bond acceptors (Lipinski definition) is 5. The molecule has 1 aromatic heterocycles. The highest BCUT2D eigenvalue weighted by atomic mass is 16.3. The van der Waals surface area contributed by atoms with Crippen molar-refractivity contribution in [2.75, 3.05) is 0 Å². The Labute approximate surface area is 171 Å². The van der Waals surface area contributed by atoms with E-state index in [0.717, 1.165) is 12.8 Å². The molecule has 29 heavy (non-hydrogen) atoms. The topological polar surface area (TPSA) is 114 Å². The van der Waals surface area contributed by atoms with Gasteiger partial charge in [-0.3, -0.25) is 4.79 Å². The van der Waals surface area contributed by atoms with Gasteiger partial charge in [0, 0.05) is 17.3 Å². The molecule has 1 aromatic carbocycles. The quantitative estimate of drug-likeness (QED) is 0.243. The van der Waals surface area contributed by atoms with Crippen molar-refractivity contribution in [3.63, 3.8) is 0 Å². The second kappa shape index (κ2) is 11.4. The van der Waals surface area contributed by atoms with E-state index in [2.05, 4.69) is 11.9 Å². The van der Waals surface area contributed by atoms with Crippen molar-refractivity contribution in [3.05, 3.63) is 34.1 Å². The molecule has 0 amide bonds. The molecular weight excluding hydrogens is 370 g/mol. The zero-order valence-corrected chi connectivity index (χ0v) is 17.2. The second-order valence-electron chi connectivity index (χ2n) is 7.68. The SMILES string of the molecule is CCCCCCCCCCCCc1cc(=O)c(O)c(-c2cc(O)c(O)c(O)c2)[nH]1. The summed E-state index contributed by atoms with van der Waals surface area (Å²) in [6.07, 6.45) is 12.9. The minimum Gasteiger partial charge on any atom is -0.504 e. The zero-order valence-electron chi connectivity index (χ0n) is 17.2. The van der Waals surface area contributed by atoms with Crippen LogP contribution in [0.25, 0.3) is 11.3 Å². The highest BCUT2D eigenvalue weighted by Crippen LogP contribution is 2.39. The lowest BCUT2D eigenvalue weighted by Crippen LogP contribution is -2.06. The van der Waals surface area contributed by atoms with Gasteiger partial charge in [-0.15, -0.1) is 0 Å². The van der Waals surface area contributed by atoms with Gasteiger partial charge < -0.3 is 25.4 Å². The van der Waals surface area contributed by atoms with Crippen molar-refractivity contribution in [3.8, 4) is 34.3 Å². The van der Waals surface area contributed by atoms with E-state index in [1.165, 1.54) is 69.6 Å². The third-order valence-electron chi connectivity index (χ3n) is 5.22. The predicted octanol–water partition coefficient (Wildman–Crippen LogP) is 5.33. The van der Waals surface area contributed by atoms with E-state index >= 15 is 0 Å². The fourth-order valence-corrected chi connectivity index (χ4v) is 3.50. The Morgan fingerprint density at radius 1 is 0.724 bits per heavy atom. The molecule has 1 heterocycles. The lowest BCUT2D eigenvalue weighted by Gasteiger charge is -2.10. The van der Waals surface area contributed by atoms with Crippen molar-refractivity contribution in [2.24, 2.45) is 0 Å². The molecule has 160 valence electrons. The number of aromatic nitrogens is 1. The maximum absolute atomic E-state index is 12.1. The first-order chi connectivity index (χ1) is 13.9. The van der Waals surface area contributed by atoms with E-state index in [-0.39, 0.29) is 11.3 Å². The van der Waals surface area contributed by atoms with E-state index in [4.69, 9.17) is 0 Å². The molecule has 0 aliphatic heterocycles. The second-order valence-corrected chi connectivity index (χ2v) is 7.68. The van der Waals surface area contributed by atoms with Gasteiger partial charge in [-0.2, -0.15) is 0 Å². The van der Waals surface area contributed by atoms with E-state index in [0.29, 0.717) is 12.1 Å². The van der Waals surface area contributed by atoms with Gasteiger partial charge in [-0.1, -0.05) is 64.7 Å². The van der Waals surface area contributed by atoms with E-state index < -0.39 is 28.4 Å². The summed E-state index contributed by atoms with van der Waals surface area (Å²) in [6, 6.07) is 3.75. The monoisotopic (exact) mass is 403 g/mol. The van der Waals surface area contributed by atoms with Crippen molar-refractivity contribution in [1.82, 2.24) is 4.98 Å². The highest BCUT2D eigenvalue weighted by molar-refractivity contribution is 5.71. The molecule has 0 saturated carbocycles. The summed E-state index contributed by atoms with van der Waals surface area (Å²) in [5.74, 6) is -2.18. The molecule has 0 fully saturated rings. The first-order valence-corrected chi connectivity index (χ1v) is 10.6. The lowest BCUT2D eigenvalue weighted by molar-refractivity contribution is 0.368. The number of H-pyrrole nitrogens is 1. The summed E-state index contributed by atoms with van der Waals surface area (Å²) in [4.78, 5) is 15.1. The Morgan fingerprint density at radius 3 is 1.79 bits per heavy atom. The van der Waals surface area contributed by atoms with Crippen LogP contribution in [-0.2, 0) is 6.42 Å². The minimum absolute atomic E-state index is 0.116. The van der Waals surface area contributed by atoms with Crippen LogP contribution in [0.2, 0.25) is 0 Å². The van der Waals surface area contributed by atoms with Gasteiger partial charge in [-0.05, 0) is 25.0 Å². The van der Waals surface area contributed by atoms with Crippen LogP contribution in [0.5, 0.6) is 23.0 Å². The van der Waals surface area contributed by atoms with Crippen LogP contribution in [0.4, 0.5) is 0 Å². The van der Waals surface area contributed by atoms with Crippen LogP contribution >= 0.6 is 0 Å². The van der Waals surface area contributed by atoms with Crippen LogP contribution < -0.4 is 5.43 Å². The minimum atomic E-state index is -0.642. The first-order valence-electron chi connectivity index (χ1n) is 10.6. The summed E-state index contributed by atoms with van der Waals surface area (Å²) in [6.45, 7) is 2.22. The van der Waals surface area contributed by atoms with Crippen LogP contribution in [-0.4, -0.2) is 25.4 Å². The molecule has 0 unspecified atom stereocenters. The van der Waals surface area contributed by atoms with Gasteiger partial charge >= 0.3 is 0 Å². The van der Waals surface area contributed by atoms with Crippen molar-refractivity contribution in [2.45, 2.75) is 77.6 Å². The molecule has 6 nitrogen and oxygen atoms in total. The molecular formula is C23H33NO5. The van der Waals surface area contributed by atoms with Crippen LogP contribution in [0.1, 0.15) is 76.8 Å². The number of pyridine rings is 1. The number of aromatic hydroxyl groups is 4.